The summed E-state index contributed by atoms with van der Waals surface area (Å²) >= 11 is 0. The molecule has 1 aromatic heterocycles. The Balaban J connectivity index is 1.80. The molecule has 150 valence electrons. The Morgan fingerprint density at radius 3 is 2.60 bits per heavy atom. The highest BCUT2D eigenvalue weighted by Crippen LogP contribution is 2.27. The summed E-state index contributed by atoms with van der Waals surface area (Å²) in [5.41, 5.74) is 2.87. The predicted octanol–water partition coefficient (Wildman–Crippen LogP) is 5.30. The van der Waals surface area contributed by atoms with Crippen molar-refractivity contribution in [2.24, 2.45) is 0 Å². The van der Waals surface area contributed by atoms with Crippen LogP contribution in [0.5, 0.6) is 0 Å². The summed E-state index contributed by atoms with van der Waals surface area (Å²) in [5.74, 6) is -0.762. The largest absolute Gasteiger partial charge is 0.332 e. The first-order valence-corrected chi connectivity index (χ1v) is 9.31. The van der Waals surface area contributed by atoms with Crippen molar-refractivity contribution in [1.29, 1.82) is 0 Å². The number of rotatable bonds is 5. The molecular formula is C23H18FN3O3. The van der Waals surface area contributed by atoms with Crippen LogP contribution in [0.2, 0.25) is 0 Å². The van der Waals surface area contributed by atoms with Crippen molar-refractivity contribution in [3.63, 3.8) is 0 Å². The normalized spacial score (nSPS) is 10.9. The third-order valence-corrected chi connectivity index (χ3v) is 4.89. The van der Waals surface area contributed by atoms with Crippen molar-refractivity contribution >= 4 is 28.2 Å². The van der Waals surface area contributed by atoms with Gasteiger partial charge in [0.05, 0.1) is 11.5 Å². The van der Waals surface area contributed by atoms with Crippen molar-refractivity contribution in [3.8, 4) is 0 Å². The fourth-order valence-corrected chi connectivity index (χ4v) is 3.45. The summed E-state index contributed by atoms with van der Waals surface area (Å²) in [6.45, 7) is 2.04. The monoisotopic (exact) mass is 403 g/mol. The van der Waals surface area contributed by atoms with Gasteiger partial charge in [0.2, 0.25) is 0 Å². The second-order valence-corrected chi connectivity index (χ2v) is 7.03. The minimum Gasteiger partial charge on any atom is -0.332 e. The van der Waals surface area contributed by atoms with Crippen LogP contribution in [0.4, 0.5) is 15.8 Å². The lowest BCUT2D eigenvalue weighted by Crippen LogP contribution is -2.18. The molecule has 0 saturated heterocycles. The molecule has 30 heavy (non-hydrogen) atoms. The van der Waals surface area contributed by atoms with Crippen molar-refractivity contribution in [3.05, 3.63) is 106 Å². The van der Waals surface area contributed by atoms with Crippen LogP contribution in [-0.2, 0) is 6.54 Å². The summed E-state index contributed by atoms with van der Waals surface area (Å²) in [4.78, 5) is 23.7. The third-order valence-electron chi connectivity index (χ3n) is 4.89. The van der Waals surface area contributed by atoms with Crippen molar-refractivity contribution in [1.82, 2.24) is 4.57 Å². The number of halogens is 1. The van der Waals surface area contributed by atoms with Gasteiger partial charge in [-0.2, -0.15) is 0 Å². The topological polar surface area (TPSA) is 77.2 Å². The molecule has 1 amide bonds. The van der Waals surface area contributed by atoms with E-state index in [0.29, 0.717) is 22.2 Å². The minimum absolute atomic E-state index is 0.0730. The van der Waals surface area contributed by atoms with Crippen LogP contribution in [0.1, 0.15) is 21.6 Å². The van der Waals surface area contributed by atoms with Crippen LogP contribution in [0.3, 0.4) is 0 Å². The zero-order valence-corrected chi connectivity index (χ0v) is 16.1. The second-order valence-electron chi connectivity index (χ2n) is 7.03. The van der Waals surface area contributed by atoms with E-state index in [1.807, 2.05) is 25.1 Å². The van der Waals surface area contributed by atoms with Gasteiger partial charge < -0.3 is 9.88 Å². The molecule has 4 aromatic rings. The molecule has 0 spiro atoms. The fraction of sp³-hybridized carbons (Fsp3) is 0.0870. The smallest absolute Gasteiger partial charge is 0.272 e. The average Bonchev–Trinajstić information content (AvgIpc) is 3.07. The number of amides is 1. The summed E-state index contributed by atoms with van der Waals surface area (Å²) in [6, 6.07) is 19.7. The van der Waals surface area contributed by atoms with E-state index in [0.717, 1.165) is 5.56 Å². The first-order valence-electron chi connectivity index (χ1n) is 9.31. The maximum Gasteiger partial charge on any atom is 0.272 e. The number of anilines is 1. The van der Waals surface area contributed by atoms with E-state index in [1.54, 1.807) is 41.0 Å². The van der Waals surface area contributed by atoms with Gasteiger partial charge in [-0.3, -0.25) is 14.9 Å². The van der Waals surface area contributed by atoms with Crippen LogP contribution < -0.4 is 5.32 Å². The van der Waals surface area contributed by atoms with Crippen LogP contribution in [-0.4, -0.2) is 15.4 Å². The number of nitro benzene ring substituents is 1. The Morgan fingerprint density at radius 2 is 1.87 bits per heavy atom. The minimum atomic E-state index is -0.486. The molecule has 0 atom stereocenters. The van der Waals surface area contributed by atoms with Gasteiger partial charge in [0, 0.05) is 34.3 Å². The number of carbonyl (C=O) groups is 1. The first kappa shape index (κ1) is 19.3. The molecule has 0 aliphatic rings. The van der Waals surface area contributed by atoms with Crippen molar-refractivity contribution in [2.45, 2.75) is 13.5 Å². The van der Waals surface area contributed by atoms with Crippen molar-refractivity contribution < 1.29 is 14.1 Å². The maximum atomic E-state index is 14.3. The van der Waals surface area contributed by atoms with Gasteiger partial charge in [0.15, 0.2) is 0 Å². The fourth-order valence-electron chi connectivity index (χ4n) is 3.45. The highest BCUT2D eigenvalue weighted by Gasteiger charge is 2.19. The number of hydrogen-bond donors (Lipinski definition) is 1. The quantitative estimate of drug-likeness (QED) is 0.363. The number of benzene rings is 3. The van der Waals surface area contributed by atoms with Gasteiger partial charge in [-0.25, -0.2) is 4.39 Å². The van der Waals surface area contributed by atoms with Crippen LogP contribution in [0, 0.1) is 22.9 Å². The number of nitro groups is 1. The molecule has 0 fully saturated rings. The van der Waals surface area contributed by atoms with E-state index < -0.39 is 4.92 Å². The van der Waals surface area contributed by atoms with E-state index >= 15 is 0 Å². The number of hydrogen-bond acceptors (Lipinski definition) is 3. The third kappa shape index (κ3) is 3.77. The number of nitrogens with zero attached hydrogens (tertiary/aromatic N) is 2. The first-order chi connectivity index (χ1) is 14.4. The molecule has 0 unspecified atom stereocenters. The molecule has 7 heteroatoms. The molecule has 1 N–H and O–H groups in total. The lowest BCUT2D eigenvalue weighted by Gasteiger charge is -2.12. The molecule has 6 nitrogen and oxygen atoms in total. The number of nitrogens with one attached hydrogen (secondary N) is 1. The molecular weight excluding hydrogens is 385 g/mol. The van der Waals surface area contributed by atoms with Gasteiger partial charge in [0.1, 0.15) is 11.5 Å². The Kier molecular flexibility index (Phi) is 5.02. The summed E-state index contributed by atoms with van der Waals surface area (Å²) in [7, 11) is 0. The molecule has 0 bridgehead atoms. The average molecular weight is 403 g/mol. The van der Waals surface area contributed by atoms with E-state index in [-0.39, 0.29) is 29.7 Å². The molecule has 1 heterocycles. The van der Waals surface area contributed by atoms with E-state index in [1.165, 1.54) is 18.2 Å². The Bertz CT molecular complexity index is 1280. The second kappa shape index (κ2) is 7.79. The highest BCUT2D eigenvalue weighted by atomic mass is 19.1. The Morgan fingerprint density at radius 1 is 1.07 bits per heavy atom. The molecule has 0 aliphatic carbocycles. The maximum absolute atomic E-state index is 14.3. The van der Waals surface area contributed by atoms with Gasteiger partial charge >= 0.3 is 0 Å². The molecule has 0 aliphatic heterocycles. The van der Waals surface area contributed by atoms with Gasteiger partial charge in [-0.15, -0.1) is 0 Å². The zero-order chi connectivity index (χ0) is 21.3. The van der Waals surface area contributed by atoms with Gasteiger partial charge in [-0.1, -0.05) is 30.3 Å². The van der Waals surface area contributed by atoms with E-state index in [2.05, 4.69) is 5.32 Å². The number of fused-ring (bicyclic) bond motifs is 1. The molecule has 0 radical (unpaired) electrons. The lowest BCUT2D eigenvalue weighted by atomic mass is 10.2. The number of aryl methyl sites for hydroxylation is 1. The van der Waals surface area contributed by atoms with Crippen LogP contribution in [0.25, 0.3) is 10.9 Å². The van der Waals surface area contributed by atoms with Crippen LogP contribution >= 0.6 is 0 Å². The van der Waals surface area contributed by atoms with E-state index in [9.17, 15) is 19.3 Å². The standard InChI is InChI=1S/C23H18FN3O3/c1-15-5-4-7-18(11-15)25-23(28)22-13-17-12-19(27(29)30)9-10-21(17)26(22)14-16-6-2-3-8-20(16)24/h2-13H,14H2,1H3,(H,25,28). The number of aromatic nitrogens is 1. The van der Waals surface area contributed by atoms with Gasteiger partial charge in [0.25, 0.3) is 11.6 Å². The van der Waals surface area contributed by atoms with Gasteiger partial charge in [-0.05, 0) is 42.8 Å². The molecule has 3 aromatic carbocycles. The predicted molar refractivity (Wildman–Crippen MR) is 113 cm³/mol. The van der Waals surface area contributed by atoms with E-state index in [4.69, 9.17) is 0 Å². The SMILES string of the molecule is Cc1cccc(NC(=O)c2cc3cc([N+](=O)[O-])ccc3n2Cc2ccccc2F)c1. The highest BCUT2D eigenvalue weighted by molar-refractivity contribution is 6.06. The molecule has 0 saturated carbocycles. The zero-order valence-electron chi connectivity index (χ0n) is 16.1. The summed E-state index contributed by atoms with van der Waals surface area (Å²) in [5, 5.41) is 14.5. The van der Waals surface area contributed by atoms with Crippen LogP contribution in [0.15, 0.2) is 72.8 Å². The Labute approximate surface area is 171 Å². The lowest BCUT2D eigenvalue weighted by molar-refractivity contribution is -0.384. The van der Waals surface area contributed by atoms with Crippen molar-refractivity contribution in [2.75, 3.05) is 5.32 Å². The molecule has 4 rings (SSSR count). The summed E-state index contributed by atoms with van der Waals surface area (Å²) < 4.78 is 15.9. The number of carbonyl (C=O) groups excluding carboxylic acids is 1. The summed E-state index contributed by atoms with van der Waals surface area (Å²) in [6.07, 6.45) is 0. The number of non-ortho nitro benzene ring substituents is 1. The Hall–Kier alpha value is -4.00.